The molecule has 24 heavy (non-hydrogen) atoms. The summed E-state index contributed by atoms with van der Waals surface area (Å²) in [6.07, 6.45) is 0. The fourth-order valence-electron chi connectivity index (χ4n) is 2.17. The predicted octanol–water partition coefficient (Wildman–Crippen LogP) is 5.29. The van der Waals surface area contributed by atoms with Gasteiger partial charge in [0, 0.05) is 6.07 Å². The van der Waals surface area contributed by atoms with E-state index in [1.54, 1.807) is 20.3 Å². The van der Waals surface area contributed by atoms with Gasteiger partial charge in [-0.25, -0.2) is 0 Å². The van der Waals surface area contributed by atoms with Crippen LogP contribution in [0.3, 0.4) is 0 Å². The molecule has 0 aliphatic rings. The monoisotopic (exact) mass is 322 g/mol. The van der Waals surface area contributed by atoms with Crippen LogP contribution in [0, 0.1) is 0 Å². The first-order chi connectivity index (χ1) is 11.8. The van der Waals surface area contributed by atoms with Gasteiger partial charge in [0.2, 0.25) is 0 Å². The Balaban J connectivity index is 1.88. The van der Waals surface area contributed by atoms with Crippen LogP contribution in [0.1, 0.15) is 0 Å². The second-order valence-corrected chi connectivity index (χ2v) is 5.01. The van der Waals surface area contributed by atoms with Crippen molar-refractivity contribution in [1.82, 2.24) is 0 Å². The summed E-state index contributed by atoms with van der Waals surface area (Å²) >= 11 is 0. The van der Waals surface area contributed by atoms with Gasteiger partial charge in [-0.3, -0.25) is 0 Å². The number of rotatable bonds is 6. The first kappa shape index (κ1) is 15.7. The molecule has 3 aromatic carbocycles. The largest absolute Gasteiger partial charge is 0.497 e. The molecule has 0 spiro atoms. The molecule has 0 heterocycles. The van der Waals surface area contributed by atoms with Gasteiger partial charge in [0.05, 0.1) is 14.2 Å². The zero-order valence-electron chi connectivity index (χ0n) is 13.6. The zero-order valence-corrected chi connectivity index (χ0v) is 13.6. The highest BCUT2D eigenvalue weighted by molar-refractivity contribution is 5.49. The third-order valence-corrected chi connectivity index (χ3v) is 3.41. The van der Waals surface area contributed by atoms with Gasteiger partial charge in [-0.15, -0.1) is 0 Å². The lowest BCUT2D eigenvalue weighted by Gasteiger charge is -2.14. The second kappa shape index (κ2) is 7.42. The lowest BCUT2D eigenvalue weighted by atomic mass is 10.2. The Kier molecular flexibility index (Phi) is 4.87. The smallest absolute Gasteiger partial charge is 0.173 e. The summed E-state index contributed by atoms with van der Waals surface area (Å²) in [6.45, 7) is 0. The highest BCUT2D eigenvalue weighted by Crippen LogP contribution is 2.37. The lowest BCUT2D eigenvalue weighted by molar-refractivity contribution is 0.393. The molecule has 0 saturated carbocycles. The van der Waals surface area contributed by atoms with E-state index < -0.39 is 0 Å². The minimum atomic E-state index is 0.573. The average Bonchev–Trinajstić information content (AvgIpc) is 2.64. The van der Waals surface area contributed by atoms with Gasteiger partial charge in [-0.05, 0) is 48.5 Å². The van der Waals surface area contributed by atoms with Gasteiger partial charge >= 0.3 is 0 Å². The highest BCUT2D eigenvalue weighted by Gasteiger charge is 2.10. The van der Waals surface area contributed by atoms with Crippen molar-refractivity contribution in [2.45, 2.75) is 0 Å². The van der Waals surface area contributed by atoms with E-state index in [1.807, 2.05) is 66.7 Å². The molecule has 0 bridgehead atoms. The Morgan fingerprint density at radius 2 is 1.04 bits per heavy atom. The Bertz CT molecular complexity index is 782. The van der Waals surface area contributed by atoms with Crippen LogP contribution in [0.5, 0.6) is 34.5 Å². The number of hydrogen-bond acceptors (Lipinski definition) is 4. The first-order valence-electron chi connectivity index (χ1n) is 7.51. The van der Waals surface area contributed by atoms with Gasteiger partial charge in [0.1, 0.15) is 23.0 Å². The van der Waals surface area contributed by atoms with Crippen LogP contribution in [0.4, 0.5) is 0 Å². The summed E-state index contributed by atoms with van der Waals surface area (Å²) in [6, 6.07) is 22.4. The molecule has 0 fully saturated rings. The molecule has 3 aromatic rings. The van der Waals surface area contributed by atoms with E-state index in [0.29, 0.717) is 23.0 Å². The Morgan fingerprint density at radius 1 is 0.500 bits per heavy atom. The van der Waals surface area contributed by atoms with E-state index in [0.717, 1.165) is 11.5 Å². The molecule has 0 saturated heterocycles. The maximum absolute atomic E-state index is 5.96. The number of benzene rings is 3. The third kappa shape index (κ3) is 3.79. The molecule has 0 aliphatic carbocycles. The van der Waals surface area contributed by atoms with E-state index in [1.165, 1.54) is 0 Å². The molecule has 4 nitrogen and oxygen atoms in total. The van der Waals surface area contributed by atoms with Crippen LogP contribution in [0.2, 0.25) is 0 Å². The molecule has 0 N–H and O–H groups in total. The van der Waals surface area contributed by atoms with E-state index in [2.05, 4.69) is 0 Å². The minimum Gasteiger partial charge on any atom is -0.497 e. The van der Waals surface area contributed by atoms with E-state index >= 15 is 0 Å². The maximum Gasteiger partial charge on any atom is 0.173 e. The fraction of sp³-hybridized carbons (Fsp3) is 0.100. The van der Waals surface area contributed by atoms with Crippen molar-refractivity contribution < 1.29 is 18.9 Å². The van der Waals surface area contributed by atoms with Crippen molar-refractivity contribution in [2.75, 3.05) is 14.2 Å². The second-order valence-electron chi connectivity index (χ2n) is 5.01. The Morgan fingerprint density at radius 3 is 1.71 bits per heavy atom. The number of ether oxygens (including phenoxy) is 4. The van der Waals surface area contributed by atoms with Crippen molar-refractivity contribution >= 4 is 0 Å². The van der Waals surface area contributed by atoms with Crippen molar-refractivity contribution in [2.24, 2.45) is 0 Å². The predicted molar refractivity (Wildman–Crippen MR) is 92.6 cm³/mol. The summed E-state index contributed by atoms with van der Waals surface area (Å²) in [7, 11) is 3.24. The summed E-state index contributed by atoms with van der Waals surface area (Å²) in [5.74, 6) is 4.07. The fourth-order valence-corrected chi connectivity index (χ4v) is 2.17. The number of hydrogen-bond donors (Lipinski definition) is 0. The number of para-hydroxylation sites is 1. The molecule has 122 valence electrons. The summed E-state index contributed by atoms with van der Waals surface area (Å²) in [5, 5.41) is 0. The van der Waals surface area contributed by atoms with Crippen LogP contribution in [-0.2, 0) is 0 Å². The quantitative estimate of drug-likeness (QED) is 0.618. The van der Waals surface area contributed by atoms with E-state index in [4.69, 9.17) is 18.9 Å². The van der Waals surface area contributed by atoms with Crippen molar-refractivity contribution in [3.8, 4) is 34.5 Å². The number of methoxy groups -OCH3 is 2. The molecule has 0 amide bonds. The average molecular weight is 322 g/mol. The van der Waals surface area contributed by atoms with Crippen LogP contribution < -0.4 is 18.9 Å². The molecule has 0 aromatic heterocycles. The van der Waals surface area contributed by atoms with E-state index in [9.17, 15) is 0 Å². The Hall–Kier alpha value is -3.14. The molecule has 0 radical (unpaired) electrons. The molecular weight excluding hydrogens is 304 g/mol. The third-order valence-electron chi connectivity index (χ3n) is 3.41. The highest BCUT2D eigenvalue weighted by atomic mass is 16.5. The normalized spacial score (nSPS) is 10.1. The SMILES string of the molecule is COc1ccc(Oc2cc(OC)ccc2Oc2ccccc2)cc1. The van der Waals surface area contributed by atoms with Crippen LogP contribution in [0.15, 0.2) is 72.8 Å². The van der Waals surface area contributed by atoms with Crippen LogP contribution >= 0.6 is 0 Å². The lowest BCUT2D eigenvalue weighted by Crippen LogP contribution is -1.92. The molecule has 4 heteroatoms. The standard InChI is InChI=1S/C20H18O4/c1-21-15-8-10-17(11-9-15)24-20-14-18(22-2)12-13-19(20)23-16-6-4-3-5-7-16/h3-14H,1-2H3. The molecule has 0 atom stereocenters. The minimum absolute atomic E-state index is 0.573. The van der Waals surface area contributed by atoms with Gasteiger partial charge in [0.25, 0.3) is 0 Å². The van der Waals surface area contributed by atoms with Crippen molar-refractivity contribution in [1.29, 1.82) is 0 Å². The summed E-state index contributed by atoms with van der Waals surface area (Å²) in [5.41, 5.74) is 0. The summed E-state index contributed by atoms with van der Waals surface area (Å²) < 4.78 is 22.3. The van der Waals surface area contributed by atoms with Crippen LogP contribution in [0.25, 0.3) is 0 Å². The van der Waals surface area contributed by atoms with E-state index in [-0.39, 0.29) is 0 Å². The molecule has 0 aliphatic heterocycles. The zero-order chi connectivity index (χ0) is 16.8. The Labute approximate surface area is 141 Å². The van der Waals surface area contributed by atoms with Gasteiger partial charge in [-0.1, -0.05) is 18.2 Å². The van der Waals surface area contributed by atoms with Gasteiger partial charge in [0.15, 0.2) is 11.5 Å². The van der Waals surface area contributed by atoms with Crippen LogP contribution in [-0.4, -0.2) is 14.2 Å². The molecule has 3 rings (SSSR count). The summed E-state index contributed by atoms with van der Waals surface area (Å²) in [4.78, 5) is 0. The molecule has 0 unspecified atom stereocenters. The topological polar surface area (TPSA) is 36.9 Å². The first-order valence-corrected chi connectivity index (χ1v) is 7.51. The molecular formula is C20H18O4. The van der Waals surface area contributed by atoms with Gasteiger partial charge < -0.3 is 18.9 Å². The van der Waals surface area contributed by atoms with Gasteiger partial charge in [-0.2, -0.15) is 0 Å². The maximum atomic E-state index is 5.96. The van der Waals surface area contributed by atoms with Crippen molar-refractivity contribution in [3.63, 3.8) is 0 Å². The van der Waals surface area contributed by atoms with Crippen molar-refractivity contribution in [3.05, 3.63) is 72.8 Å².